The molecular formula is C16H18Cl2N2O. The topological polar surface area (TPSA) is 34.9 Å². The van der Waals surface area contributed by atoms with Crippen LogP contribution in [-0.4, -0.2) is 15.6 Å². The summed E-state index contributed by atoms with van der Waals surface area (Å²) in [5.41, 5.74) is 3.95. The van der Waals surface area contributed by atoms with Crippen LogP contribution < -0.4 is 0 Å². The minimum atomic E-state index is 0.132. The summed E-state index contributed by atoms with van der Waals surface area (Å²) < 4.78 is 1.85. The molecule has 0 radical (unpaired) electrons. The fourth-order valence-corrected chi connectivity index (χ4v) is 2.96. The van der Waals surface area contributed by atoms with Gasteiger partial charge in [-0.3, -0.25) is 9.48 Å². The Morgan fingerprint density at radius 3 is 2.33 bits per heavy atom. The summed E-state index contributed by atoms with van der Waals surface area (Å²) in [7, 11) is 1.91. The van der Waals surface area contributed by atoms with Gasteiger partial charge in [0.05, 0.1) is 5.69 Å². The molecule has 0 amide bonds. The number of Topliss-reactive ketones (excluding diaryl/α,β-unsaturated/α-hetero) is 1. The molecule has 21 heavy (non-hydrogen) atoms. The van der Waals surface area contributed by atoms with Gasteiger partial charge in [-0.25, -0.2) is 0 Å². The summed E-state index contributed by atoms with van der Waals surface area (Å²) in [6.07, 6.45) is 1.44. The monoisotopic (exact) mass is 324 g/mol. The van der Waals surface area contributed by atoms with Gasteiger partial charge in [-0.2, -0.15) is 5.10 Å². The van der Waals surface area contributed by atoms with E-state index >= 15 is 0 Å². The molecule has 0 atom stereocenters. The van der Waals surface area contributed by atoms with Crippen molar-refractivity contribution in [2.75, 3.05) is 0 Å². The minimum Gasteiger partial charge on any atom is -0.299 e. The predicted molar refractivity (Wildman–Crippen MR) is 86.2 cm³/mol. The van der Waals surface area contributed by atoms with Gasteiger partial charge in [-0.05, 0) is 43.5 Å². The Balaban J connectivity index is 2.03. The normalized spacial score (nSPS) is 10.9. The van der Waals surface area contributed by atoms with Crippen LogP contribution in [0.5, 0.6) is 0 Å². The quantitative estimate of drug-likeness (QED) is 0.830. The smallest absolute Gasteiger partial charge is 0.137 e. The van der Waals surface area contributed by atoms with E-state index in [1.807, 2.05) is 25.6 Å². The molecule has 2 aromatic rings. The number of hydrogen-bond acceptors (Lipinski definition) is 2. The largest absolute Gasteiger partial charge is 0.299 e. The molecule has 0 spiro atoms. The van der Waals surface area contributed by atoms with Crippen molar-refractivity contribution >= 4 is 29.0 Å². The Bertz CT molecular complexity index is 657. The number of hydrogen-bond donors (Lipinski definition) is 0. The molecule has 5 heteroatoms. The van der Waals surface area contributed by atoms with Crippen LogP contribution >= 0.6 is 23.2 Å². The number of halogens is 2. The molecule has 1 aromatic carbocycles. The summed E-state index contributed by atoms with van der Waals surface area (Å²) in [5.74, 6) is 0.132. The lowest BCUT2D eigenvalue weighted by Crippen LogP contribution is -2.06. The zero-order chi connectivity index (χ0) is 15.6. The molecule has 1 aromatic heterocycles. The van der Waals surface area contributed by atoms with E-state index in [0.717, 1.165) is 17.0 Å². The van der Waals surface area contributed by atoms with Crippen LogP contribution in [-0.2, 0) is 24.7 Å². The van der Waals surface area contributed by atoms with E-state index in [1.54, 1.807) is 18.2 Å². The van der Waals surface area contributed by atoms with Crippen molar-refractivity contribution < 1.29 is 4.79 Å². The highest BCUT2D eigenvalue weighted by atomic mass is 35.5. The molecule has 3 nitrogen and oxygen atoms in total. The summed E-state index contributed by atoms with van der Waals surface area (Å²) in [6, 6.07) is 5.29. The second-order valence-corrected chi connectivity index (χ2v) is 6.00. The lowest BCUT2D eigenvalue weighted by molar-refractivity contribution is -0.118. The number of aromatic nitrogens is 2. The van der Waals surface area contributed by atoms with Crippen molar-refractivity contribution in [1.29, 1.82) is 0 Å². The Morgan fingerprint density at radius 1 is 1.19 bits per heavy atom. The highest BCUT2D eigenvalue weighted by Gasteiger charge is 2.14. The molecule has 1 heterocycles. The first-order valence-corrected chi connectivity index (χ1v) is 7.59. The van der Waals surface area contributed by atoms with Gasteiger partial charge in [0.25, 0.3) is 0 Å². The molecule has 0 saturated carbocycles. The molecule has 2 rings (SSSR count). The molecule has 0 N–H and O–H groups in total. The molecule has 0 aliphatic heterocycles. The van der Waals surface area contributed by atoms with Crippen molar-refractivity contribution in [3.05, 3.63) is 50.8 Å². The van der Waals surface area contributed by atoms with Gasteiger partial charge < -0.3 is 0 Å². The summed E-state index contributed by atoms with van der Waals surface area (Å²) in [5, 5.41) is 5.46. The van der Waals surface area contributed by atoms with Gasteiger partial charge >= 0.3 is 0 Å². The third-order valence-electron chi connectivity index (χ3n) is 3.75. The molecule has 0 saturated heterocycles. The fraction of sp³-hybridized carbons (Fsp3) is 0.375. The number of nitrogens with zero attached hydrogens (tertiary/aromatic N) is 2. The second-order valence-electron chi connectivity index (χ2n) is 5.19. The standard InChI is InChI=1S/C16H18Cl2N2O/c1-10-13(11(2)20(3)19-10)8-7-12(21)9-14-15(17)5-4-6-16(14)18/h4-6H,7-9H2,1-3H3. The Hall–Kier alpha value is -1.32. The molecule has 112 valence electrons. The van der Waals surface area contributed by atoms with Crippen molar-refractivity contribution in [2.24, 2.45) is 7.05 Å². The van der Waals surface area contributed by atoms with Gasteiger partial charge in [0.2, 0.25) is 0 Å². The van der Waals surface area contributed by atoms with Gasteiger partial charge in [0.1, 0.15) is 5.78 Å². The van der Waals surface area contributed by atoms with E-state index in [1.165, 1.54) is 0 Å². The predicted octanol–water partition coefficient (Wildman–Crippen LogP) is 4.09. The zero-order valence-electron chi connectivity index (χ0n) is 12.4. The molecule has 0 fully saturated rings. The third kappa shape index (κ3) is 3.66. The van der Waals surface area contributed by atoms with E-state index in [2.05, 4.69) is 5.10 Å². The first-order valence-electron chi connectivity index (χ1n) is 6.83. The third-order valence-corrected chi connectivity index (χ3v) is 4.46. The van der Waals surface area contributed by atoms with Crippen molar-refractivity contribution in [2.45, 2.75) is 33.1 Å². The van der Waals surface area contributed by atoms with Gasteiger partial charge in [-0.15, -0.1) is 0 Å². The van der Waals surface area contributed by atoms with Gasteiger partial charge in [-0.1, -0.05) is 29.3 Å². The van der Waals surface area contributed by atoms with Crippen LogP contribution in [0, 0.1) is 13.8 Å². The first kappa shape index (κ1) is 16.1. The van der Waals surface area contributed by atoms with Crippen molar-refractivity contribution in [3.63, 3.8) is 0 Å². The molecule has 0 aliphatic carbocycles. The van der Waals surface area contributed by atoms with Crippen LogP contribution in [0.25, 0.3) is 0 Å². The van der Waals surface area contributed by atoms with Crippen LogP contribution in [0.15, 0.2) is 18.2 Å². The summed E-state index contributed by atoms with van der Waals surface area (Å²) in [6.45, 7) is 3.99. The zero-order valence-corrected chi connectivity index (χ0v) is 13.9. The lowest BCUT2D eigenvalue weighted by Gasteiger charge is -2.06. The minimum absolute atomic E-state index is 0.132. The van der Waals surface area contributed by atoms with Crippen molar-refractivity contribution in [1.82, 2.24) is 9.78 Å². The first-order chi connectivity index (χ1) is 9.90. The van der Waals surface area contributed by atoms with E-state index in [0.29, 0.717) is 28.5 Å². The van der Waals surface area contributed by atoms with Gasteiger partial charge in [0.15, 0.2) is 0 Å². The van der Waals surface area contributed by atoms with Crippen LogP contribution in [0.1, 0.15) is 28.9 Å². The Labute approximate surface area is 134 Å². The Kier molecular flexibility index (Phi) is 5.07. The van der Waals surface area contributed by atoms with Crippen LogP contribution in [0.2, 0.25) is 10.0 Å². The number of carbonyl (C=O) groups excluding carboxylic acids is 1. The number of rotatable bonds is 5. The number of benzene rings is 1. The molecular weight excluding hydrogens is 307 g/mol. The maximum Gasteiger partial charge on any atom is 0.137 e. The SMILES string of the molecule is Cc1nn(C)c(C)c1CCC(=O)Cc1c(Cl)cccc1Cl. The van der Waals surface area contributed by atoms with E-state index in [9.17, 15) is 4.79 Å². The van der Waals surface area contributed by atoms with E-state index in [-0.39, 0.29) is 12.2 Å². The lowest BCUT2D eigenvalue weighted by atomic mass is 10.0. The molecule has 0 unspecified atom stereocenters. The highest BCUT2D eigenvalue weighted by molar-refractivity contribution is 6.36. The van der Waals surface area contributed by atoms with E-state index in [4.69, 9.17) is 23.2 Å². The van der Waals surface area contributed by atoms with E-state index < -0.39 is 0 Å². The maximum atomic E-state index is 12.2. The average molecular weight is 325 g/mol. The molecule has 0 aliphatic rings. The van der Waals surface area contributed by atoms with Gasteiger partial charge in [0, 0.05) is 35.6 Å². The maximum absolute atomic E-state index is 12.2. The average Bonchev–Trinajstić information content (AvgIpc) is 2.66. The molecule has 0 bridgehead atoms. The summed E-state index contributed by atoms with van der Waals surface area (Å²) >= 11 is 12.2. The van der Waals surface area contributed by atoms with Crippen molar-refractivity contribution in [3.8, 4) is 0 Å². The summed E-state index contributed by atoms with van der Waals surface area (Å²) in [4.78, 5) is 12.2. The van der Waals surface area contributed by atoms with Crippen LogP contribution in [0.4, 0.5) is 0 Å². The number of carbonyl (C=O) groups is 1. The highest BCUT2D eigenvalue weighted by Crippen LogP contribution is 2.25. The number of ketones is 1. The number of aryl methyl sites for hydroxylation is 2. The second kappa shape index (κ2) is 6.63. The fourth-order valence-electron chi connectivity index (χ4n) is 2.43. The van der Waals surface area contributed by atoms with Crippen LogP contribution in [0.3, 0.4) is 0 Å². The Morgan fingerprint density at radius 2 is 1.81 bits per heavy atom.